The van der Waals surface area contributed by atoms with E-state index in [-0.39, 0.29) is 0 Å². The number of aliphatic carboxylic acids is 1. The number of nitrogens with zero attached hydrogens (tertiary/aromatic N) is 2. The highest BCUT2D eigenvalue weighted by Crippen LogP contribution is 2.40. The van der Waals surface area contributed by atoms with E-state index in [0.29, 0.717) is 12.5 Å². The highest BCUT2D eigenvalue weighted by molar-refractivity contribution is 5.80. The largest absolute Gasteiger partial charge is 0.480 e. The molecule has 1 atom stereocenters. The number of rotatable bonds is 9. The molecule has 1 unspecified atom stereocenters. The van der Waals surface area contributed by atoms with Crippen LogP contribution in [0, 0.1) is 5.92 Å². The monoisotopic (exact) mass is 297 g/mol. The van der Waals surface area contributed by atoms with Crippen molar-refractivity contribution in [3.63, 3.8) is 0 Å². The molecule has 2 aliphatic rings. The van der Waals surface area contributed by atoms with Crippen molar-refractivity contribution in [1.82, 2.24) is 15.1 Å². The molecule has 2 N–H and O–H groups in total. The molecule has 0 radical (unpaired) electrons. The van der Waals surface area contributed by atoms with Gasteiger partial charge in [0.05, 0.1) is 0 Å². The Hall–Kier alpha value is -0.650. The predicted molar refractivity (Wildman–Crippen MR) is 84.6 cm³/mol. The quantitative estimate of drug-likeness (QED) is 0.671. The van der Waals surface area contributed by atoms with E-state index in [4.69, 9.17) is 0 Å². The summed E-state index contributed by atoms with van der Waals surface area (Å²) in [6.45, 7) is 11.1. The van der Waals surface area contributed by atoms with Crippen LogP contribution in [-0.2, 0) is 4.79 Å². The van der Waals surface area contributed by atoms with Gasteiger partial charge in [0, 0.05) is 32.7 Å². The maximum Gasteiger partial charge on any atom is 0.325 e. The standard InChI is InChI=1S/C16H31N3O2/c1-3-7-17-16(15(20)21,14-5-6-14)13-19-11-9-18(8-4-2)10-12-19/h14,17H,3-13H2,1-2H3,(H,20,21). The minimum absolute atomic E-state index is 0.315. The number of carboxylic acids is 1. The molecule has 1 saturated carbocycles. The molecule has 1 saturated heterocycles. The van der Waals surface area contributed by atoms with Gasteiger partial charge in [-0.3, -0.25) is 9.69 Å². The van der Waals surface area contributed by atoms with Gasteiger partial charge in [0.1, 0.15) is 5.54 Å². The molecule has 5 nitrogen and oxygen atoms in total. The molecular weight excluding hydrogens is 266 g/mol. The molecule has 1 aliphatic heterocycles. The summed E-state index contributed by atoms with van der Waals surface area (Å²) >= 11 is 0. The minimum atomic E-state index is -0.719. The Bertz CT molecular complexity index is 338. The predicted octanol–water partition coefficient (Wildman–Crippen LogP) is 1.25. The fraction of sp³-hybridized carbons (Fsp3) is 0.938. The van der Waals surface area contributed by atoms with Crippen LogP contribution in [0.3, 0.4) is 0 Å². The lowest BCUT2D eigenvalue weighted by atomic mass is 9.91. The smallest absolute Gasteiger partial charge is 0.325 e. The second-order valence-electron chi connectivity index (χ2n) is 6.60. The van der Waals surface area contributed by atoms with Crippen LogP contribution < -0.4 is 5.32 Å². The van der Waals surface area contributed by atoms with E-state index in [1.165, 1.54) is 6.42 Å². The lowest BCUT2D eigenvalue weighted by Crippen LogP contribution is -2.63. The van der Waals surface area contributed by atoms with Gasteiger partial charge >= 0.3 is 5.97 Å². The molecule has 122 valence electrons. The normalized spacial score (nSPS) is 23.9. The van der Waals surface area contributed by atoms with E-state index in [0.717, 1.165) is 58.5 Å². The van der Waals surface area contributed by atoms with Crippen LogP contribution in [0.25, 0.3) is 0 Å². The van der Waals surface area contributed by atoms with Crippen LogP contribution in [0.15, 0.2) is 0 Å². The van der Waals surface area contributed by atoms with Gasteiger partial charge in [0.15, 0.2) is 0 Å². The molecule has 0 aromatic carbocycles. The molecule has 2 fully saturated rings. The van der Waals surface area contributed by atoms with Crippen LogP contribution in [0.1, 0.15) is 39.5 Å². The molecule has 5 heteroatoms. The molecule has 1 heterocycles. The first-order chi connectivity index (χ1) is 10.1. The van der Waals surface area contributed by atoms with Crippen molar-refractivity contribution in [2.24, 2.45) is 5.92 Å². The van der Waals surface area contributed by atoms with Crippen molar-refractivity contribution < 1.29 is 9.90 Å². The molecule has 0 spiro atoms. The number of carbonyl (C=O) groups is 1. The van der Waals surface area contributed by atoms with E-state index < -0.39 is 11.5 Å². The summed E-state index contributed by atoms with van der Waals surface area (Å²) in [5.74, 6) is -0.343. The maximum atomic E-state index is 11.9. The number of hydrogen-bond donors (Lipinski definition) is 2. The average Bonchev–Trinajstić information content (AvgIpc) is 3.30. The summed E-state index contributed by atoms with van der Waals surface area (Å²) in [4.78, 5) is 16.8. The Morgan fingerprint density at radius 2 is 1.76 bits per heavy atom. The van der Waals surface area contributed by atoms with E-state index in [9.17, 15) is 9.90 Å². The van der Waals surface area contributed by atoms with Crippen molar-refractivity contribution >= 4 is 5.97 Å². The van der Waals surface area contributed by atoms with Crippen LogP contribution in [0.4, 0.5) is 0 Å². The first kappa shape index (κ1) is 16.7. The fourth-order valence-electron chi connectivity index (χ4n) is 3.41. The number of carboxylic acid groups (broad SMARTS) is 1. The van der Waals surface area contributed by atoms with Crippen molar-refractivity contribution in [2.45, 2.75) is 45.1 Å². The summed E-state index contributed by atoms with van der Waals surface area (Å²) < 4.78 is 0. The van der Waals surface area contributed by atoms with Gasteiger partial charge in [-0.1, -0.05) is 13.8 Å². The second kappa shape index (κ2) is 7.56. The van der Waals surface area contributed by atoms with E-state index in [1.54, 1.807) is 0 Å². The number of hydrogen-bond acceptors (Lipinski definition) is 4. The zero-order chi connectivity index (χ0) is 15.3. The van der Waals surface area contributed by atoms with Crippen molar-refractivity contribution in [1.29, 1.82) is 0 Å². The van der Waals surface area contributed by atoms with Gasteiger partial charge in [-0.15, -0.1) is 0 Å². The Kier molecular flexibility index (Phi) is 6.02. The lowest BCUT2D eigenvalue weighted by Gasteiger charge is -2.40. The number of nitrogens with one attached hydrogen (secondary N) is 1. The van der Waals surface area contributed by atoms with Gasteiger partial charge in [0.2, 0.25) is 0 Å². The first-order valence-electron chi connectivity index (χ1n) is 8.55. The van der Waals surface area contributed by atoms with Gasteiger partial charge in [-0.05, 0) is 44.7 Å². The highest BCUT2D eigenvalue weighted by Gasteiger charge is 2.51. The zero-order valence-corrected chi connectivity index (χ0v) is 13.6. The third kappa shape index (κ3) is 4.18. The second-order valence-corrected chi connectivity index (χ2v) is 6.60. The molecule has 21 heavy (non-hydrogen) atoms. The molecule has 0 aromatic heterocycles. The third-order valence-corrected chi connectivity index (χ3v) is 4.82. The van der Waals surface area contributed by atoms with Gasteiger partial charge in [0.25, 0.3) is 0 Å². The Labute approximate surface area is 128 Å². The number of piperazine rings is 1. The minimum Gasteiger partial charge on any atom is -0.480 e. The van der Waals surface area contributed by atoms with Gasteiger partial charge in [-0.25, -0.2) is 0 Å². The summed E-state index contributed by atoms with van der Waals surface area (Å²) in [7, 11) is 0. The summed E-state index contributed by atoms with van der Waals surface area (Å²) in [6, 6.07) is 0. The summed E-state index contributed by atoms with van der Waals surface area (Å²) in [5.41, 5.74) is -0.719. The fourth-order valence-corrected chi connectivity index (χ4v) is 3.41. The Balaban J connectivity index is 1.94. The van der Waals surface area contributed by atoms with E-state index >= 15 is 0 Å². The molecule has 0 amide bonds. The third-order valence-electron chi connectivity index (χ3n) is 4.82. The summed E-state index contributed by atoms with van der Waals surface area (Å²) in [6.07, 6.45) is 4.28. The first-order valence-corrected chi connectivity index (χ1v) is 8.55. The van der Waals surface area contributed by atoms with Crippen LogP contribution in [0.2, 0.25) is 0 Å². The molecule has 2 rings (SSSR count). The maximum absolute atomic E-state index is 11.9. The van der Waals surface area contributed by atoms with Crippen molar-refractivity contribution in [3.05, 3.63) is 0 Å². The Morgan fingerprint density at radius 1 is 1.14 bits per heavy atom. The Morgan fingerprint density at radius 3 is 2.24 bits per heavy atom. The van der Waals surface area contributed by atoms with Crippen LogP contribution in [-0.4, -0.2) is 72.2 Å². The van der Waals surface area contributed by atoms with Gasteiger partial charge < -0.3 is 15.3 Å². The molecule has 0 aromatic rings. The zero-order valence-electron chi connectivity index (χ0n) is 13.6. The highest BCUT2D eigenvalue weighted by atomic mass is 16.4. The van der Waals surface area contributed by atoms with Crippen LogP contribution in [0.5, 0.6) is 0 Å². The average molecular weight is 297 g/mol. The topological polar surface area (TPSA) is 55.8 Å². The van der Waals surface area contributed by atoms with Crippen molar-refractivity contribution in [2.75, 3.05) is 45.8 Å². The van der Waals surface area contributed by atoms with E-state index in [1.807, 2.05) is 0 Å². The summed E-state index contributed by atoms with van der Waals surface area (Å²) in [5, 5.41) is 13.2. The van der Waals surface area contributed by atoms with Crippen LogP contribution >= 0.6 is 0 Å². The molecule has 0 bridgehead atoms. The lowest BCUT2D eigenvalue weighted by molar-refractivity contribution is -0.147. The van der Waals surface area contributed by atoms with Gasteiger partial charge in [-0.2, -0.15) is 0 Å². The SMILES string of the molecule is CCCNC(CN1CCN(CCC)CC1)(C(=O)O)C1CC1. The van der Waals surface area contributed by atoms with E-state index in [2.05, 4.69) is 29.0 Å². The molecule has 1 aliphatic carbocycles. The van der Waals surface area contributed by atoms with Crippen molar-refractivity contribution in [3.8, 4) is 0 Å². The molecular formula is C16H31N3O2.